The summed E-state index contributed by atoms with van der Waals surface area (Å²) in [6, 6.07) is 0. The first kappa shape index (κ1) is 30.2. The van der Waals surface area contributed by atoms with Gasteiger partial charge in [0.1, 0.15) is 0 Å². The summed E-state index contributed by atoms with van der Waals surface area (Å²) in [6.07, 6.45) is 25.5. The van der Waals surface area contributed by atoms with E-state index < -0.39 is 0 Å². The zero-order valence-corrected chi connectivity index (χ0v) is 21.9. The van der Waals surface area contributed by atoms with E-state index >= 15 is 0 Å². The lowest BCUT2D eigenvalue weighted by Crippen LogP contribution is -2.31. The Morgan fingerprint density at radius 3 is 1.16 bits per heavy atom. The highest BCUT2D eigenvalue weighted by atomic mass is 16.2. The van der Waals surface area contributed by atoms with Crippen LogP contribution in [0.5, 0.6) is 0 Å². The van der Waals surface area contributed by atoms with Gasteiger partial charge in [-0.1, -0.05) is 137 Å². The summed E-state index contributed by atoms with van der Waals surface area (Å²) in [4.78, 5) is 14.2. The van der Waals surface area contributed by atoms with Crippen molar-refractivity contribution in [3.05, 3.63) is 12.7 Å². The highest BCUT2D eigenvalue weighted by Gasteiger charge is 2.09. The van der Waals surface area contributed by atoms with Gasteiger partial charge in [-0.15, -0.1) is 0 Å². The number of carbonyl (C=O) groups is 1. The number of hydrogen-bond donors (Lipinski definition) is 0. The van der Waals surface area contributed by atoms with Crippen LogP contribution < -0.4 is 0 Å². The molecule has 2 heteroatoms. The van der Waals surface area contributed by atoms with Gasteiger partial charge in [0.2, 0.25) is 5.91 Å². The van der Waals surface area contributed by atoms with Gasteiger partial charge >= 0.3 is 0 Å². The average molecular weight is 436 g/mol. The van der Waals surface area contributed by atoms with Crippen LogP contribution >= 0.6 is 0 Å². The maximum absolute atomic E-state index is 12.1. The molecule has 0 spiro atoms. The van der Waals surface area contributed by atoms with Gasteiger partial charge in [-0.05, 0) is 30.8 Å². The molecule has 0 saturated carbocycles. The van der Waals surface area contributed by atoms with Crippen molar-refractivity contribution in [2.24, 2.45) is 11.8 Å². The van der Waals surface area contributed by atoms with Crippen molar-refractivity contribution in [1.29, 1.82) is 0 Å². The van der Waals surface area contributed by atoms with Crippen molar-refractivity contribution in [1.82, 2.24) is 4.90 Å². The molecule has 0 radical (unpaired) electrons. The average Bonchev–Trinajstić information content (AvgIpc) is 2.73. The molecule has 31 heavy (non-hydrogen) atoms. The molecule has 0 N–H and O–H groups in total. The Morgan fingerprint density at radius 2 is 0.871 bits per heavy atom. The van der Waals surface area contributed by atoms with Crippen LogP contribution in [0.1, 0.15) is 143 Å². The fourth-order valence-corrected chi connectivity index (χ4v) is 4.29. The summed E-state index contributed by atoms with van der Waals surface area (Å²) >= 11 is 0. The van der Waals surface area contributed by atoms with Crippen molar-refractivity contribution < 1.29 is 4.79 Å². The minimum absolute atomic E-state index is 0.121. The van der Waals surface area contributed by atoms with Crippen LogP contribution in [0.25, 0.3) is 0 Å². The number of hydrogen-bond acceptors (Lipinski definition) is 1. The lowest BCUT2D eigenvalue weighted by Gasteiger charge is -2.21. The number of carbonyl (C=O) groups excluding carboxylic acids is 1. The molecule has 0 bridgehead atoms. The van der Waals surface area contributed by atoms with E-state index in [1.54, 1.807) is 0 Å². The van der Waals surface area contributed by atoms with E-state index in [0.29, 0.717) is 0 Å². The number of amides is 1. The predicted octanol–water partition coefficient (Wildman–Crippen LogP) is 9.33. The zero-order chi connectivity index (χ0) is 23.2. The third kappa shape index (κ3) is 22.2. The van der Waals surface area contributed by atoms with Gasteiger partial charge in [0.15, 0.2) is 0 Å². The third-order valence-electron chi connectivity index (χ3n) is 6.41. The first-order valence-electron chi connectivity index (χ1n) is 13.9. The maximum Gasteiger partial charge on any atom is 0.245 e. The fraction of sp³-hybridized carbons (Fsp3) is 0.897. The van der Waals surface area contributed by atoms with Gasteiger partial charge in [0.05, 0.1) is 0 Å². The first-order chi connectivity index (χ1) is 15.0. The summed E-state index contributed by atoms with van der Waals surface area (Å²) in [7, 11) is 0. The van der Waals surface area contributed by atoms with Crippen LogP contribution in [0.15, 0.2) is 12.7 Å². The van der Waals surface area contributed by atoms with Gasteiger partial charge < -0.3 is 4.90 Å². The molecule has 0 aromatic rings. The quantitative estimate of drug-likeness (QED) is 0.116. The summed E-state index contributed by atoms with van der Waals surface area (Å²) in [5, 5.41) is 0. The zero-order valence-electron chi connectivity index (χ0n) is 21.9. The minimum Gasteiger partial charge on any atom is -0.339 e. The van der Waals surface area contributed by atoms with Crippen molar-refractivity contribution in [2.75, 3.05) is 13.1 Å². The first-order valence-corrected chi connectivity index (χ1v) is 13.9. The predicted molar refractivity (Wildman–Crippen MR) is 140 cm³/mol. The fourth-order valence-electron chi connectivity index (χ4n) is 4.29. The van der Waals surface area contributed by atoms with Crippen LogP contribution in [-0.4, -0.2) is 23.9 Å². The Kier molecular flexibility index (Phi) is 21.8. The molecule has 0 saturated heterocycles. The molecule has 2 nitrogen and oxygen atoms in total. The molecule has 0 heterocycles. The Balaban J connectivity index is 3.62. The monoisotopic (exact) mass is 435 g/mol. The SMILES string of the molecule is C=CC(=O)N(CCCCCCCCCCC(C)C)CCCCCCCCCCC(C)C. The van der Waals surface area contributed by atoms with Crippen LogP contribution in [-0.2, 0) is 4.79 Å². The third-order valence-corrected chi connectivity index (χ3v) is 6.41. The van der Waals surface area contributed by atoms with Crippen molar-refractivity contribution in [3.8, 4) is 0 Å². The van der Waals surface area contributed by atoms with Gasteiger partial charge in [-0.25, -0.2) is 0 Å². The number of unbranched alkanes of at least 4 members (excludes halogenated alkanes) is 14. The molecule has 0 aromatic carbocycles. The van der Waals surface area contributed by atoms with E-state index in [1.165, 1.54) is 109 Å². The van der Waals surface area contributed by atoms with E-state index in [9.17, 15) is 4.79 Å². The second-order valence-electron chi connectivity index (χ2n) is 10.6. The van der Waals surface area contributed by atoms with Gasteiger partial charge in [0.25, 0.3) is 0 Å². The lowest BCUT2D eigenvalue weighted by atomic mass is 10.0. The number of rotatable bonds is 23. The molecular weight excluding hydrogens is 378 g/mol. The molecule has 0 aromatic heterocycles. The molecule has 1 amide bonds. The van der Waals surface area contributed by atoms with E-state index in [-0.39, 0.29) is 5.91 Å². The number of nitrogens with zero attached hydrogens (tertiary/aromatic N) is 1. The van der Waals surface area contributed by atoms with Gasteiger partial charge in [0, 0.05) is 13.1 Å². The normalized spacial score (nSPS) is 11.4. The molecule has 0 aliphatic carbocycles. The molecule has 0 atom stereocenters. The van der Waals surface area contributed by atoms with Crippen molar-refractivity contribution >= 4 is 5.91 Å². The Morgan fingerprint density at radius 1 is 0.581 bits per heavy atom. The summed E-state index contributed by atoms with van der Waals surface area (Å²) < 4.78 is 0. The Labute approximate surface area is 196 Å². The molecule has 0 aliphatic rings. The van der Waals surface area contributed by atoms with E-state index in [0.717, 1.165) is 37.8 Å². The summed E-state index contributed by atoms with van der Waals surface area (Å²) in [5.41, 5.74) is 0. The Hall–Kier alpha value is -0.790. The van der Waals surface area contributed by atoms with Gasteiger partial charge in [-0.3, -0.25) is 4.79 Å². The molecule has 0 aliphatic heterocycles. The second-order valence-corrected chi connectivity index (χ2v) is 10.6. The molecular formula is C29H57NO. The second kappa shape index (κ2) is 22.4. The highest BCUT2D eigenvalue weighted by molar-refractivity contribution is 5.86. The molecule has 0 rings (SSSR count). The highest BCUT2D eigenvalue weighted by Crippen LogP contribution is 2.14. The van der Waals surface area contributed by atoms with Crippen LogP contribution in [0, 0.1) is 11.8 Å². The van der Waals surface area contributed by atoms with E-state index in [4.69, 9.17) is 0 Å². The Bertz CT molecular complexity index is 374. The van der Waals surface area contributed by atoms with Crippen LogP contribution in [0.4, 0.5) is 0 Å². The molecule has 0 fully saturated rings. The molecule has 0 unspecified atom stereocenters. The summed E-state index contributed by atoms with van der Waals surface area (Å²) in [5.74, 6) is 1.83. The van der Waals surface area contributed by atoms with E-state index in [1.807, 2.05) is 4.90 Å². The lowest BCUT2D eigenvalue weighted by molar-refractivity contribution is -0.126. The van der Waals surface area contributed by atoms with Crippen LogP contribution in [0.3, 0.4) is 0 Å². The van der Waals surface area contributed by atoms with Gasteiger partial charge in [-0.2, -0.15) is 0 Å². The standard InChI is InChI=1S/C29H57NO/c1-6-29(31)30(25-21-17-13-9-7-11-15-19-23-27(2)3)26-22-18-14-10-8-12-16-20-24-28(4)5/h6,27-28H,1,7-26H2,2-5H3. The smallest absolute Gasteiger partial charge is 0.245 e. The van der Waals surface area contributed by atoms with E-state index in [2.05, 4.69) is 34.3 Å². The summed E-state index contributed by atoms with van der Waals surface area (Å²) in [6.45, 7) is 14.8. The van der Waals surface area contributed by atoms with Crippen molar-refractivity contribution in [2.45, 2.75) is 143 Å². The molecule has 184 valence electrons. The minimum atomic E-state index is 0.121. The van der Waals surface area contributed by atoms with Crippen molar-refractivity contribution in [3.63, 3.8) is 0 Å². The topological polar surface area (TPSA) is 20.3 Å². The largest absolute Gasteiger partial charge is 0.339 e. The van der Waals surface area contributed by atoms with Crippen LogP contribution in [0.2, 0.25) is 0 Å². The maximum atomic E-state index is 12.1.